The van der Waals surface area contributed by atoms with Gasteiger partial charge in [0.1, 0.15) is 11.9 Å². The van der Waals surface area contributed by atoms with E-state index in [0.29, 0.717) is 44.5 Å². The predicted molar refractivity (Wildman–Crippen MR) is 118 cm³/mol. The molecule has 6 nitrogen and oxygen atoms in total. The van der Waals surface area contributed by atoms with Gasteiger partial charge in [0.15, 0.2) is 0 Å². The van der Waals surface area contributed by atoms with Crippen molar-refractivity contribution in [3.63, 3.8) is 0 Å². The first-order chi connectivity index (χ1) is 14.5. The minimum atomic E-state index is -0.272. The molecule has 0 heterocycles. The Bertz CT molecular complexity index is 732. The second-order valence-electron chi connectivity index (χ2n) is 7.75. The summed E-state index contributed by atoms with van der Waals surface area (Å²) < 4.78 is 11.5. The van der Waals surface area contributed by atoms with Crippen molar-refractivity contribution in [2.75, 3.05) is 26.8 Å². The van der Waals surface area contributed by atoms with E-state index in [1.807, 2.05) is 49.1 Å². The highest BCUT2D eigenvalue weighted by molar-refractivity contribution is 5.93. The maximum absolute atomic E-state index is 12.9. The first-order valence-electron chi connectivity index (χ1n) is 11.0. The fourth-order valence-corrected chi connectivity index (χ4v) is 3.75. The normalized spacial score (nSPS) is 18.5. The van der Waals surface area contributed by atoms with E-state index < -0.39 is 0 Å². The van der Waals surface area contributed by atoms with Gasteiger partial charge in [0.05, 0.1) is 6.61 Å². The second-order valence-corrected chi connectivity index (χ2v) is 7.75. The van der Waals surface area contributed by atoms with Gasteiger partial charge >= 0.3 is 0 Å². The first kappa shape index (κ1) is 23.9. The molecule has 2 rings (SSSR count). The zero-order valence-corrected chi connectivity index (χ0v) is 18.8. The van der Waals surface area contributed by atoms with Crippen molar-refractivity contribution < 1.29 is 19.1 Å². The van der Waals surface area contributed by atoms with Gasteiger partial charge in [-0.3, -0.25) is 9.59 Å². The van der Waals surface area contributed by atoms with E-state index in [1.54, 1.807) is 7.11 Å². The number of carbonyl (C=O) groups is 2. The maximum Gasteiger partial charge on any atom is 0.247 e. The molecule has 0 saturated heterocycles. The molecule has 1 aliphatic carbocycles. The van der Waals surface area contributed by atoms with Crippen molar-refractivity contribution in [2.24, 2.45) is 0 Å². The van der Waals surface area contributed by atoms with Crippen molar-refractivity contribution in [1.29, 1.82) is 0 Å². The van der Waals surface area contributed by atoms with E-state index in [-0.39, 0.29) is 24.0 Å². The highest BCUT2D eigenvalue weighted by Crippen LogP contribution is 2.28. The van der Waals surface area contributed by atoms with Crippen LogP contribution in [-0.4, -0.2) is 55.7 Å². The summed E-state index contributed by atoms with van der Waals surface area (Å²) in [5, 5.41) is 2.89. The third kappa shape index (κ3) is 6.87. The fraction of sp³-hybridized carbons (Fsp3) is 0.583. The van der Waals surface area contributed by atoms with Crippen molar-refractivity contribution >= 4 is 11.8 Å². The Morgan fingerprint density at radius 3 is 2.67 bits per heavy atom. The Morgan fingerprint density at radius 2 is 2.00 bits per heavy atom. The fourth-order valence-electron chi connectivity index (χ4n) is 3.75. The van der Waals surface area contributed by atoms with Crippen LogP contribution in [0.25, 0.3) is 0 Å². The number of hydrogen-bond donors (Lipinski definition) is 1. The largest absolute Gasteiger partial charge is 0.486 e. The number of nitrogens with one attached hydrogen (secondary N) is 1. The number of likely N-dealkylation sites (N-methyl/N-ethyl adjacent to an activating group) is 1. The highest BCUT2D eigenvalue weighted by atomic mass is 16.5. The number of rotatable bonds is 11. The molecule has 1 aromatic rings. The molecular weight excluding hydrogens is 380 g/mol. The van der Waals surface area contributed by atoms with Gasteiger partial charge in [0.2, 0.25) is 11.8 Å². The quantitative estimate of drug-likeness (QED) is 0.598. The maximum atomic E-state index is 12.9. The molecule has 0 aliphatic heterocycles. The number of hydrogen-bond acceptors (Lipinski definition) is 4. The molecule has 0 bridgehead atoms. The standard InChI is InChI=1S/C24H36N2O4/c1-5-7-12-23(27)26(13-14-29-4)20-15-19(24(28)25-6-2)16-21(17-20)30-22-11-9-8-10-18(22)3/h8-11,16,20-21H,5-7,12-15,17H2,1-4H3,(H,25,28). The minimum Gasteiger partial charge on any atom is -0.486 e. The molecule has 0 aromatic heterocycles. The van der Waals surface area contributed by atoms with Crippen LogP contribution >= 0.6 is 0 Å². The van der Waals surface area contributed by atoms with Crippen molar-refractivity contribution in [3.05, 3.63) is 41.5 Å². The minimum absolute atomic E-state index is 0.0896. The smallest absolute Gasteiger partial charge is 0.247 e. The number of carbonyl (C=O) groups excluding carboxylic acids is 2. The van der Waals surface area contributed by atoms with Gasteiger partial charge in [-0.1, -0.05) is 31.5 Å². The van der Waals surface area contributed by atoms with Crippen LogP contribution in [-0.2, 0) is 14.3 Å². The number of nitrogens with zero attached hydrogens (tertiary/aromatic N) is 1. The molecule has 2 atom stereocenters. The van der Waals surface area contributed by atoms with Crippen molar-refractivity contribution in [2.45, 2.75) is 65.0 Å². The molecule has 0 spiro atoms. The molecular formula is C24H36N2O4. The number of methoxy groups -OCH3 is 1. The molecule has 1 aromatic carbocycles. The Balaban J connectivity index is 2.26. The lowest BCUT2D eigenvalue weighted by atomic mass is 9.90. The van der Waals surface area contributed by atoms with Crippen LogP contribution in [0.1, 0.15) is 51.5 Å². The van der Waals surface area contributed by atoms with E-state index in [2.05, 4.69) is 12.2 Å². The Morgan fingerprint density at radius 1 is 1.23 bits per heavy atom. The Labute approximate surface area is 180 Å². The number of unbranched alkanes of at least 4 members (excludes halogenated alkanes) is 1. The molecule has 30 heavy (non-hydrogen) atoms. The molecule has 6 heteroatoms. The highest BCUT2D eigenvalue weighted by Gasteiger charge is 2.32. The monoisotopic (exact) mass is 416 g/mol. The van der Waals surface area contributed by atoms with E-state index in [1.165, 1.54) is 0 Å². The van der Waals surface area contributed by atoms with Crippen molar-refractivity contribution in [1.82, 2.24) is 10.2 Å². The molecule has 1 N–H and O–H groups in total. The third-order valence-corrected chi connectivity index (χ3v) is 5.39. The second kappa shape index (κ2) is 12.4. The predicted octanol–water partition coefficient (Wildman–Crippen LogP) is 3.63. The molecule has 2 unspecified atom stereocenters. The number of para-hydroxylation sites is 1. The van der Waals surface area contributed by atoms with E-state index >= 15 is 0 Å². The number of benzene rings is 1. The molecule has 1 aliphatic rings. The molecule has 0 radical (unpaired) electrons. The van der Waals surface area contributed by atoms with Crippen LogP contribution in [0.2, 0.25) is 0 Å². The average Bonchev–Trinajstić information content (AvgIpc) is 2.74. The van der Waals surface area contributed by atoms with Gasteiger partial charge in [-0.05, 0) is 44.4 Å². The summed E-state index contributed by atoms with van der Waals surface area (Å²) in [6.07, 6.45) is 5.17. The van der Waals surface area contributed by atoms with Crippen LogP contribution in [0.3, 0.4) is 0 Å². The van der Waals surface area contributed by atoms with Gasteiger partial charge in [-0.25, -0.2) is 0 Å². The summed E-state index contributed by atoms with van der Waals surface area (Å²) in [4.78, 5) is 27.5. The molecule has 0 saturated carbocycles. The molecule has 0 fully saturated rings. The lowest BCUT2D eigenvalue weighted by Crippen LogP contribution is -2.47. The Hall–Kier alpha value is -2.34. The van der Waals surface area contributed by atoms with Crippen LogP contribution in [0.5, 0.6) is 5.75 Å². The summed E-state index contributed by atoms with van der Waals surface area (Å²) in [5.74, 6) is 0.828. The zero-order chi connectivity index (χ0) is 21.9. The third-order valence-electron chi connectivity index (χ3n) is 5.39. The molecule has 166 valence electrons. The Kier molecular flexibility index (Phi) is 9.87. The van der Waals surface area contributed by atoms with Gasteiger partial charge in [0.25, 0.3) is 0 Å². The number of ether oxygens (including phenoxy) is 2. The van der Waals surface area contributed by atoms with E-state index in [4.69, 9.17) is 9.47 Å². The van der Waals surface area contributed by atoms with Crippen molar-refractivity contribution in [3.8, 4) is 5.75 Å². The summed E-state index contributed by atoms with van der Waals surface area (Å²) in [6, 6.07) is 7.76. The summed E-state index contributed by atoms with van der Waals surface area (Å²) in [5.41, 5.74) is 1.72. The van der Waals surface area contributed by atoms with Gasteiger partial charge in [-0.2, -0.15) is 0 Å². The van der Waals surface area contributed by atoms with Gasteiger partial charge in [-0.15, -0.1) is 0 Å². The first-order valence-corrected chi connectivity index (χ1v) is 11.0. The van der Waals surface area contributed by atoms with Crippen LogP contribution < -0.4 is 10.1 Å². The van der Waals surface area contributed by atoms with Crippen LogP contribution in [0, 0.1) is 6.92 Å². The van der Waals surface area contributed by atoms with E-state index in [0.717, 1.165) is 24.2 Å². The zero-order valence-electron chi connectivity index (χ0n) is 18.8. The van der Waals surface area contributed by atoms with Gasteiger partial charge in [0, 0.05) is 44.7 Å². The van der Waals surface area contributed by atoms with Gasteiger partial charge < -0.3 is 19.7 Å². The average molecular weight is 417 g/mol. The lowest BCUT2D eigenvalue weighted by Gasteiger charge is -2.37. The number of amides is 2. The number of aryl methyl sites for hydroxylation is 1. The summed E-state index contributed by atoms with van der Waals surface area (Å²) >= 11 is 0. The SMILES string of the molecule is CCCCC(=O)N(CCOC)C1CC(C(=O)NCC)=CC(Oc2ccccc2C)C1. The lowest BCUT2D eigenvalue weighted by molar-refractivity contribution is -0.135. The summed E-state index contributed by atoms with van der Waals surface area (Å²) in [7, 11) is 1.64. The van der Waals surface area contributed by atoms with Crippen LogP contribution in [0.15, 0.2) is 35.9 Å². The van der Waals surface area contributed by atoms with Crippen LogP contribution in [0.4, 0.5) is 0 Å². The summed E-state index contributed by atoms with van der Waals surface area (Å²) in [6.45, 7) is 7.53. The van der Waals surface area contributed by atoms with E-state index in [9.17, 15) is 9.59 Å². The molecule has 2 amide bonds. The topological polar surface area (TPSA) is 67.9 Å².